The smallest absolute Gasteiger partial charge is 0.253 e. The van der Waals surface area contributed by atoms with Crippen molar-refractivity contribution in [3.8, 4) is 0 Å². The fourth-order valence-electron chi connectivity index (χ4n) is 3.49. The second kappa shape index (κ2) is 10.7. The number of halogens is 1. The molecule has 2 aromatic rings. The van der Waals surface area contributed by atoms with E-state index in [9.17, 15) is 17.6 Å². The third kappa shape index (κ3) is 6.35. The average molecular weight is 434 g/mol. The molecule has 0 saturated carbocycles. The molecule has 0 radical (unpaired) electrons. The van der Waals surface area contributed by atoms with Crippen LogP contribution in [0.3, 0.4) is 0 Å². The van der Waals surface area contributed by atoms with Gasteiger partial charge < -0.3 is 10.2 Å². The van der Waals surface area contributed by atoms with E-state index in [1.165, 1.54) is 34.1 Å². The molecule has 1 fully saturated rings. The van der Waals surface area contributed by atoms with Gasteiger partial charge in [0.2, 0.25) is 10.0 Å². The molecule has 2 aromatic carbocycles. The van der Waals surface area contributed by atoms with Gasteiger partial charge in [0.15, 0.2) is 0 Å². The molecule has 1 aliphatic rings. The van der Waals surface area contributed by atoms with E-state index in [0.29, 0.717) is 44.7 Å². The molecule has 0 spiro atoms. The molecule has 0 atom stereocenters. The van der Waals surface area contributed by atoms with Crippen molar-refractivity contribution in [1.82, 2.24) is 14.5 Å². The van der Waals surface area contributed by atoms with E-state index >= 15 is 0 Å². The Kier molecular flexibility index (Phi) is 7.95. The van der Waals surface area contributed by atoms with Crippen LogP contribution in [0.1, 0.15) is 22.3 Å². The first kappa shape index (κ1) is 22.4. The Bertz CT molecular complexity index is 914. The molecule has 1 aliphatic heterocycles. The molecule has 1 heterocycles. The van der Waals surface area contributed by atoms with Crippen molar-refractivity contribution in [2.75, 3.05) is 45.0 Å². The van der Waals surface area contributed by atoms with Crippen LogP contribution >= 0.6 is 0 Å². The minimum Gasteiger partial charge on any atom is -0.338 e. The first-order valence-corrected chi connectivity index (χ1v) is 11.8. The predicted molar refractivity (Wildman–Crippen MR) is 115 cm³/mol. The molecular formula is C22H28FN3O3S. The highest BCUT2D eigenvalue weighted by molar-refractivity contribution is 7.89. The number of hydrogen-bond acceptors (Lipinski definition) is 4. The van der Waals surface area contributed by atoms with E-state index in [-0.39, 0.29) is 18.2 Å². The molecule has 8 heteroatoms. The normalized spacial score (nSPS) is 15.1. The maximum absolute atomic E-state index is 13.2. The van der Waals surface area contributed by atoms with Crippen LogP contribution in [0.4, 0.5) is 4.39 Å². The fourth-order valence-corrected chi connectivity index (χ4v) is 4.93. The quantitative estimate of drug-likeness (QED) is 0.658. The van der Waals surface area contributed by atoms with Gasteiger partial charge in [0.25, 0.3) is 5.91 Å². The Labute approximate surface area is 177 Å². The number of nitrogens with one attached hydrogen (secondary N) is 1. The number of amides is 1. The third-order valence-corrected chi connectivity index (χ3v) is 7.05. The highest BCUT2D eigenvalue weighted by Gasteiger charge is 2.25. The Hall–Kier alpha value is -2.29. The second-order valence-corrected chi connectivity index (χ2v) is 9.44. The van der Waals surface area contributed by atoms with Crippen LogP contribution < -0.4 is 5.32 Å². The predicted octanol–water partition coefficient (Wildman–Crippen LogP) is 2.14. The minimum absolute atomic E-state index is 0.108. The molecule has 1 amide bonds. The Morgan fingerprint density at radius 1 is 1.00 bits per heavy atom. The summed E-state index contributed by atoms with van der Waals surface area (Å²) in [7, 11) is -3.44. The highest BCUT2D eigenvalue weighted by Crippen LogP contribution is 2.11. The summed E-state index contributed by atoms with van der Waals surface area (Å²) in [4.78, 5) is 14.5. The molecule has 0 aromatic heterocycles. The molecule has 0 bridgehead atoms. The van der Waals surface area contributed by atoms with E-state index in [0.717, 1.165) is 6.42 Å². The van der Waals surface area contributed by atoms with Crippen molar-refractivity contribution in [1.29, 1.82) is 0 Å². The van der Waals surface area contributed by atoms with E-state index in [1.807, 2.05) is 30.3 Å². The molecule has 1 N–H and O–H groups in total. The second-order valence-electron chi connectivity index (χ2n) is 7.35. The summed E-state index contributed by atoms with van der Waals surface area (Å²) < 4.78 is 40.1. The van der Waals surface area contributed by atoms with Crippen LogP contribution in [0.25, 0.3) is 0 Å². The molecule has 3 rings (SSSR count). The van der Waals surface area contributed by atoms with Gasteiger partial charge in [-0.2, -0.15) is 4.31 Å². The van der Waals surface area contributed by atoms with Gasteiger partial charge in [-0.05, 0) is 42.7 Å². The lowest BCUT2D eigenvalue weighted by atomic mass is 10.1. The van der Waals surface area contributed by atoms with Gasteiger partial charge in [-0.1, -0.05) is 30.3 Å². The number of benzene rings is 2. The minimum atomic E-state index is -3.44. The number of hydrogen-bond donors (Lipinski definition) is 1. The van der Waals surface area contributed by atoms with Crippen molar-refractivity contribution < 1.29 is 17.6 Å². The average Bonchev–Trinajstić information content (AvgIpc) is 2.77. The monoisotopic (exact) mass is 433 g/mol. The molecule has 1 saturated heterocycles. The van der Waals surface area contributed by atoms with Gasteiger partial charge >= 0.3 is 0 Å². The maximum atomic E-state index is 13.2. The van der Waals surface area contributed by atoms with Crippen LogP contribution in [0.5, 0.6) is 0 Å². The lowest BCUT2D eigenvalue weighted by Gasteiger charge is -2.28. The van der Waals surface area contributed by atoms with Crippen molar-refractivity contribution >= 4 is 15.9 Å². The summed E-state index contributed by atoms with van der Waals surface area (Å²) in [6.45, 7) is 2.70. The molecule has 162 valence electrons. The summed E-state index contributed by atoms with van der Waals surface area (Å²) in [5.41, 5.74) is 1.52. The Morgan fingerprint density at radius 3 is 2.33 bits per heavy atom. The number of carbonyl (C=O) groups is 1. The van der Waals surface area contributed by atoms with E-state index in [1.54, 1.807) is 4.90 Å². The summed E-state index contributed by atoms with van der Waals surface area (Å²) in [5.74, 6) is -0.812. The Balaban J connectivity index is 1.66. The molecule has 6 nitrogen and oxygen atoms in total. The highest BCUT2D eigenvalue weighted by atomic mass is 32.2. The third-order valence-electron chi connectivity index (χ3n) is 5.20. The number of rotatable bonds is 9. The van der Waals surface area contributed by atoms with E-state index in [4.69, 9.17) is 0 Å². The van der Waals surface area contributed by atoms with Gasteiger partial charge in [-0.15, -0.1) is 0 Å². The number of nitrogens with zero attached hydrogens (tertiary/aromatic N) is 2. The SMILES string of the molecule is O=C(c1ccc(F)cc1)N(CCCc1ccccc1)CCS(=O)(=O)N1CCNCC1. The number of sulfonamides is 1. The summed E-state index contributed by atoms with van der Waals surface area (Å²) in [6, 6.07) is 15.3. The maximum Gasteiger partial charge on any atom is 0.253 e. The van der Waals surface area contributed by atoms with E-state index in [2.05, 4.69) is 5.32 Å². The standard InChI is InChI=1S/C22H28FN3O3S/c23-21-10-8-20(9-11-21)22(27)25(14-4-7-19-5-2-1-3-6-19)17-18-30(28,29)26-15-12-24-13-16-26/h1-3,5-6,8-11,24H,4,7,12-18H2. The molecule has 0 aliphatic carbocycles. The van der Waals surface area contributed by atoms with Crippen LogP contribution in [-0.4, -0.2) is 68.6 Å². The zero-order valence-electron chi connectivity index (χ0n) is 17.0. The van der Waals surface area contributed by atoms with E-state index < -0.39 is 15.8 Å². The van der Waals surface area contributed by atoms with Crippen LogP contribution in [0.15, 0.2) is 54.6 Å². The first-order chi connectivity index (χ1) is 14.5. The fraction of sp³-hybridized carbons (Fsp3) is 0.409. The molecule has 0 unspecified atom stereocenters. The number of aryl methyl sites for hydroxylation is 1. The zero-order chi connectivity index (χ0) is 21.4. The summed E-state index contributed by atoms with van der Waals surface area (Å²) in [6.07, 6.45) is 1.50. The van der Waals surface area contributed by atoms with Crippen LogP contribution in [0, 0.1) is 5.82 Å². The van der Waals surface area contributed by atoms with Gasteiger partial charge in [0.1, 0.15) is 5.82 Å². The first-order valence-electron chi connectivity index (χ1n) is 10.2. The lowest BCUT2D eigenvalue weighted by Crippen LogP contribution is -2.48. The van der Waals surface area contributed by atoms with Crippen molar-refractivity contribution in [3.63, 3.8) is 0 Å². The van der Waals surface area contributed by atoms with Crippen LogP contribution in [0.2, 0.25) is 0 Å². The largest absolute Gasteiger partial charge is 0.338 e. The number of carbonyl (C=O) groups excluding carboxylic acids is 1. The van der Waals surface area contributed by atoms with Crippen molar-refractivity contribution in [3.05, 3.63) is 71.5 Å². The van der Waals surface area contributed by atoms with Gasteiger partial charge in [0, 0.05) is 44.8 Å². The summed E-state index contributed by atoms with van der Waals surface area (Å²) >= 11 is 0. The lowest BCUT2D eigenvalue weighted by molar-refractivity contribution is 0.0763. The van der Waals surface area contributed by atoms with Crippen molar-refractivity contribution in [2.45, 2.75) is 12.8 Å². The summed E-state index contributed by atoms with van der Waals surface area (Å²) in [5, 5.41) is 3.14. The van der Waals surface area contributed by atoms with Crippen molar-refractivity contribution in [2.24, 2.45) is 0 Å². The topological polar surface area (TPSA) is 69.7 Å². The van der Waals surface area contributed by atoms with Gasteiger partial charge in [0.05, 0.1) is 5.75 Å². The van der Waals surface area contributed by atoms with Crippen LogP contribution in [-0.2, 0) is 16.4 Å². The molecule has 30 heavy (non-hydrogen) atoms. The van der Waals surface area contributed by atoms with Gasteiger partial charge in [-0.25, -0.2) is 12.8 Å². The zero-order valence-corrected chi connectivity index (χ0v) is 17.8. The van der Waals surface area contributed by atoms with Gasteiger partial charge in [-0.3, -0.25) is 4.79 Å². The number of piperazine rings is 1. The Morgan fingerprint density at radius 2 is 1.67 bits per heavy atom. The molecular weight excluding hydrogens is 405 g/mol.